The van der Waals surface area contributed by atoms with Gasteiger partial charge in [-0.05, 0) is 0 Å². The van der Waals surface area contributed by atoms with Crippen molar-refractivity contribution < 1.29 is 46.1 Å². The first kappa shape index (κ1) is 38.5. The number of allylic oxidation sites excluding steroid dienone is 4. The van der Waals surface area contributed by atoms with E-state index in [1.165, 1.54) is 50.1 Å². The van der Waals surface area contributed by atoms with Crippen molar-refractivity contribution in [1.29, 1.82) is 0 Å². The van der Waals surface area contributed by atoms with Crippen LogP contribution in [0.4, 0.5) is 0 Å². The first-order valence-corrected chi connectivity index (χ1v) is 21.0. The van der Waals surface area contributed by atoms with Crippen molar-refractivity contribution in [3.8, 4) is 11.1 Å². The average molecular weight is 755 g/mol. The maximum absolute atomic E-state index is 2.87. The summed E-state index contributed by atoms with van der Waals surface area (Å²) in [6.45, 7) is 26.0. The average Bonchev–Trinajstić information content (AvgIpc) is 3.49. The molecule has 2 aliphatic rings. The van der Waals surface area contributed by atoms with E-state index >= 15 is 0 Å². The Hall–Kier alpha value is -2.31. The summed E-state index contributed by atoms with van der Waals surface area (Å²) in [6, 6.07) is 38.0. The molecule has 0 fully saturated rings. The summed E-state index contributed by atoms with van der Waals surface area (Å²) in [4.78, 5) is 0. The van der Waals surface area contributed by atoms with Crippen LogP contribution in [0.1, 0.15) is 113 Å². The van der Waals surface area contributed by atoms with Crippen molar-refractivity contribution in [3.05, 3.63) is 151 Å². The van der Waals surface area contributed by atoms with Crippen LogP contribution in [-0.2, 0) is 32.1 Å². The zero-order valence-corrected chi connectivity index (χ0v) is 34.7. The van der Waals surface area contributed by atoms with Crippen LogP contribution in [0.2, 0.25) is 0 Å². The van der Waals surface area contributed by atoms with Crippen LogP contribution in [0.5, 0.6) is 0 Å². The van der Waals surface area contributed by atoms with Gasteiger partial charge in [0.25, 0.3) is 0 Å². The van der Waals surface area contributed by atoms with E-state index in [1.807, 2.05) is 0 Å². The summed E-state index contributed by atoms with van der Waals surface area (Å²) in [5.41, 5.74) is 15.0. The molecule has 0 saturated carbocycles. The summed E-state index contributed by atoms with van der Waals surface area (Å²) in [6.07, 6.45) is 2.61. The maximum Gasteiger partial charge on any atom is -1.00 e. The number of benzene rings is 4. The predicted molar refractivity (Wildman–Crippen MR) is 197 cm³/mol. The van der Waals surface area contributed by atoms with Gasteiger partial charge in [-0.3, -0.25) is 0 Å². The van der Waals surface area contributed by atoms with E-state index < -0.39 is 21.3 Å². The van der Waals surface area contributed by atoms with Crippen molar-refractivity contribution in [2.75, 3.05) is 0 Å². The van der Waals surface area contributed by atoms with Crippen LogP contribution in [0.15, 0.2) is 118 Å². The monoisotopic (exact) mass is 752 g/mol. The molecule has 3 heteroatoms. The molecule has 0 aromatic heterocycles. The van der Waals surface area contributed by atoms with Crippen molar-refractivity contribution in [1.82, 2.24) is 0 Å². The zero-order valence-electron chi connectivity index (χ0n) is 30.7. The molecule has 0 spiro atoms. The van der Waals surface area contributed by atoms with Crippen molar-refractivity contribution in [2.45, 2.75) is 90.6 Å². The first-order valence-electron chi connectivity index (χ1n) is 17.2. The Morgan fingerprint density at radius 3 is 1.29 bits per heavy atom. The minimum absolute atomic E-state index is 0. The molecule has 4 aromatic carbocycles. The number of rotatable bonds is 4. The smallest absolute Gasteiger partial charge is 1.00 e. The fourth-order valence-corrected chi connectivity index (χ4v) is 17.8. The third-order valence-electron chi connectivity index (χ3n) is 10.2. The van der Waals surface area contributed by atoms with Gasteiger partial charge in [0.15, 0.2) is 0 Å². The predicted octanol–water partition coefficient (Wildman–Crippen LogP) is 6.14. The molecule has 1 atom stereocenters. The van der Waals surface area contributed by atoms with Crippen LogP contribution < -0.4 is 24.8 Å². The number of hydrogen-bond donors (Lipinski definition) is 0. The molecule has 0 heterocycles. The molecule has 6 rings (SSSR count). The topological polar surface area (TPSA) is 0 Å². The second kappa shape index (κ2) is 14.1. The normalized spacial score (nSPS) is 15.9. The third kappa shape index (κ3) is 7.13. The molecule has 2 aliphatic carbocycles. The Morgan fingerprint density at radius 1 is 0.542 bits per heavy atom. The van der Waals surface area contributed by atoms with Crippen LogP contribution >= 0.6 is 0 Å². The van der Waals surface area contributed by atoms with Crippen LogP contribution in [0.3, 0.4) is 0 Å². The van der Waals surface area contributed by atoms with Gasteiger partial charge in [-0.15, -0.1) is 0 Å². The third-order valence-corrected chi connectivity index (χ3v) is 19.4. The molecule has 0 nitrogen and oxygen atoms in total. The fraction of sp³-hybridized carbons (Fsp3) is 0.356. The molecule has 250 valence electrons. The van der Waals surface area contributed by atoms with Gasteiger partial charge >= 0.3 is 288 Å². The van der Waals surface area contributed by atoms with E-state index in [0.29, 0.717) is 9.54 Å². The van der Waals surface area contributed by atoms with Crippen molar-refractivity contribution >= 4 is 3.21 Å². The van der Waals surface area contributed by atoms with Gasteiger partial charge in [-0.2, -0.15) is 0 Å². The molecule has 1 unspecified atom stereocenters. The number of fused-ring (bicyclic) bond motifs is 3. The van der Waals surface area contributed by atoms with Gasteiger partial charge in [0, 0.05) is 0 Å². The molecular formula is C45H52Cl2Zr. The largest absolute Gasteiger partial charge is 1.00 e. The minimum atomic E-state index is -2.87. The van der Waals surface area contributed by atoms with Crippen molar-refractivity contribution in [2.24, 2.45) is 11.3 Å². The zero-order chi connectivity index (χ0) is 33.2. The Kier molecular flexibility index (Phi) is 11.3. The maximum atomic E-state index is 2.61. The Morgan fingerprint density at radius 2 is 0.938 bits per heavy atom. The quantitative estimate of drug-likeness (QED) is 0.235. The van der Waals surface area contributed by atoms with E-state index in [4.69, 9.17) is 0 Å². The summed E-state index contributed by atoms with van der Waals surface area (Å²) in [7, 11) is 0. The Labute approximate surface area is 311 Å². The van der Waals surface area contributed by atoms with Gasteiger partial charge in [0.05, 0.1) is 0 Å². The molecule has 0 saturated heterocycles. The molecule has 0 radical (unpaired) electrons. The van der Waals surface area contributed by atoms with Crippen molar-refractivity contribution in [3.63, 3.8) is 0 Å². The van der Waals surface area contributed by atoms with Gasteiger partial charge in [0.1, 0.15) is 0 Å². The van der Waals surface area contributed by atoms with Crippen LogP contribution in [0, 0.1) is 11.3 Å². The fourth-order valence-electron chi connectivity index (χ4n) is 7.86. The summed E-state index contributed by atoms with van der Waals surface area (Å²) in [5.74, 6) is 0.432. The first-order chi connectivity index (χ1) is 21.6. The second-order valence-electron chi connectivity index (χ2n) is 16.7. The number of halogens is 2. The summed E-state index contributed by atoms with van der Waals surface area (Å²) in [5, 5.41) is 0. The van der Waals surface area contributed by atoms with Gasteiger partial charge in [-0.25, -0.2) is 0 Å². The Bertz CT molecular complexity index is 1780. The van der Waals surface area contributed by atoms with E-state index in [0.717, 1.165) is 0 Å². The van der Waals surface area contributed by atoms with Gasteiger partial charge in [0.2, 0.25) is 0 Å². The molecule has 4 aromatic rings. The van der Waals surface area contributed by atoms with Crippen LogP contribution in [-0.4, -0.2) is 3.21 Å². The SMILES string of the molecule is CC1=[C]([Zr+2](=[C](c2ccc(C(C)(C)C)cc2)c2ccc(C(C)(C)C)cc2)[CH]2c3ccccc3-c3ccccc32)C(C)C=C1C(C)(C)C.[Cl-].[Cl-]. The van der Waals surface area contributed by atoms with E-state index in [2.05, 4.69) is 179 Å². The van der Waals surface area contributed by atoms with Gasteiger partial charge < -0.3 is 24.8 Å². The molecule has 0 amide bonds. The number of hydrogen-bond acceptors (Lipinski definition) is 0. The molecular weight excluding hydrogens is 703 g/mol. The van der Waals surface area contributed by atoms with E-state index in [-0.39, 0.29) is 41.1 Å². The molecule has 0 N–H and O–H groups in total. The van der Waals surface area contributed by atoms with Gasteiger partial charge in [-0.1, -0.05) is 0 Å². The molecule has 0 bridgehead atoms. The Balaban J connectivity index is 0.00000260. The molecule has 48 heavy (non-hydrogen) atoms. The molecule has 0 aliphatic heterocycles. The van der Waals surface area contributed by atoms with Crippen LogP contribution in [0.25, 0.3) is 11.1 Å². The second-order valence-corrected chi connectivity index (χ2v) is 22.7. The minimum Gasteiger partial charge on any atom is -1.00 e. The standard InChI is InChI=1S/C21H26.C13H9.C11H17.2ClH.Zr/c1-20(2,3)18-11-7-16(8-12-18)15-17-9-13-19(14-10-17)21(4,5)6;1-3-7-12-10(5-1)9-11-6-2-4-8-13(11)12;1-8-6-9(2)10(7-8)11(3,4)5;;;/h7-14H,1-6H3;1-9H;7-8H,1-5H3;2*1H;/q;;;;;+2/p-2. The summed E-state index contributed by atoms with van der Waals surface area (Å²) < 4.78 is 3.80. The summed E-state index contributed by atoms with van der Waals surface area (Å²) >= 11 is -2.87. The van der Waals surface area contributed by atoms with E-state index in [9.17, 15) is 0 Å². The van der Waals surface area contributed by atoms with E-state index in [1.54, 1.807) is 12.1 Å².